The van der Waals surface area contributed by atoms with Gasteiger partial charge < -0.3 is 0 Å². The summed E-state index contributed by atoms with van der Waals surface area (Å²) in [7, 11) is 0. The van der Waals surface area contributed by atoms with E-state index in [1.165, 1.54) is 30.5 Å². The first-order valence-electron chi connectivity index (χ1n) is 7.18. The van der Waals surface area contributed by atoms with Crippen LogP contribution in [0.15, 0.2) is 53.3 Å². The number of aromatic nitrogens is 1. The van der Waals surface area contributed by atoms with Gasteiger partial charge in [0.2, 0.25) is 0 Å². The van der Waals surface area contributed by atoms with Crippen LogP contribution in [-0.4, -0.2) is 23.0 Å². The van der Waals surface area contributed by atoms with Crippen LogP contribution in [0.2, 0.25) is 0 Å². The molecule has 3 heteroatoms. The summed E-state index contributed by atoms with van der Waals surface area (Å²) in [6.45, 7) is 3.36. The Morgan fingerprint density at radius 3 is 2.80 bits per heavy atom. The number of nitrogens with zero attached hydrogens (tertiary/aromatic N) is 2. The Kier molecular flexibility index (Phi) is 4.48. The number of pyridine rings is 1. The molecule has 1 aromatic carbocycles. The molecule has 0 radical (unpaired) electrons. The fourth-order valence-electron chi connectivity index (χ4n) is 2.96. The second kappa shape index (κ2) is 6.51. The van der Waals surface area contributed by atoms with E-state index in [0.29, 0.717) is 5.92 Å². The van der Waals surface area contributed by atoms with Crippen molar-refractivity contribution in [1.82, 2.24) is 9.88 Å². The normalized spacial score (nSPS) is 19.9. The number of likely N-dealkylation sites (tertiary alicyclic amines) is 1. The smallest absolute Gasteiger partial charge is 0.0312 e. The third kappa shape index (κ3) is 3.47. The topological polar surface area (TPSA) is 16.1 Å². The molecule has 20 heavy (non-hydrogen) atoms. The quantitative estimate of drug-likeness (QED) is 0.837. The van der Waals surface area contributed by atoms with Gasteiger partial charge in [-0.25, -0.2) is 0 Å². The molecular weight excluding hydrogens is 312 g/mol. The standard InChI is InChI=1S/C17H19BrN2/c18-17-7-5-15(6-8-17)16-4-2-10-20(13-16)12-14-3-1-9-19-11-14/h1,3,5-9,11,16H,2,4,10,12-13H2. The van der Waals surface area contributed by atoms with Crippen molar-refractivity contribution in [2.45, 2.75) is 25.3 Å². The van der Waals surface area contributed by atoms with Gasteiger partial charge in [-0.3, -0.25) is 9.88 Å². The van der Waals surface area contributed by atoms with Crippen molar-refractivity contribution in [3.63, 3.8) is 0 Å². The average molecular weight is 331 g/mol. The maximum absolute atomic E-state index is 4.21. The zero-order valence-corrected chi connectivity index (χ0v) is 13.1. The molecule has 0 saturated carbocycles. The van der Waals surface area contributed by atoms with Crippen molar-refractivity contribution in [3.05, 3.63) is 64.4 Å². The Labute approximate surface area is 129 Å². The minimum atomic E-state index is 0.661. The number of piperidine rings is 1. The van der Waals surface area contributed by atoms with Crippen LogP contribution < -0.4 is 0 Å². The molecule has 3 rings (SSSR count). The summed E-state index contributed by atoms with van der Waals surface area (Å²) in [5.74, 6) is 0.661. The number of hydrogen-bond acceptors (Lipinski definition) is 2. The van der Waals surface area contributed by atoms with Crippen LogP contribution >= 0.6 is 15.9 Å². The molecule has 0 spiro atoms. The van der Waals surface area contributed by atoms with E-state index in [1.54, 1.807) is 0 Å². The molecule has 2 heterocycles. The maximum Gasteiger partial charge on any atom is 0.0312 e. The van der Waals surface area contributed by atoms with Crippen molar-refractivity contribution < 1.29 is 0 Å². The van der Waals surface area contributed by atoms with Crippen molar-refractivity contribution in [2.75, 3.05) is 13.1 Å². The fourth-order valence-corrected chi connectivity index (χ4v) is 3.22. The predicted molar refractivity (Wildman–Crippen MR) is 85.6 cm³/mol. The van der Waals surface area contributed by atoms with Crippen LogP contribution in [-0.2, 0) is 6.54 Å². The molecule has 1 fully saturated rings. The van der Waals surface area contributed by atoms with Gasteiger partial charge >= 0.3 is 0 Å². The van der Waals surface area contributed by atoms with E-state index >= 15 is 0 Å². The van der Waals surface area contributed by atoms with E-state index in [2.05, 4.69) is 56.1 Å². The van der Waals surface area contributed by atoms with Gasteiger partial charge in [0.1, 0.15) is 0 Å². The third-order valence-electron chi connectivity index (χ3n) is 3.98. The van der Waals surface area contributed by atoms with Gasteiger partial charge in [0.15, 0.2) is 0 Å². The van der Waals surface area contributed by atoms with Gasteiger partial charge in [0.05, 0.1) is 0 Å². The summed E-state index contributed by atoms with van der Waals surface area (Å²) in [5.41, 5.74) is 2.77. The van der Waals surface area contributed by atoms with E-state index in [0.717, 1.165) is 17.6 Å². The maximum atomic E-state index is 4.21. The molecule has 1 aromatic heterocycles. The number of halogens is 1. The summed E-state index contributed by atoms with van der Waals surface area (Å²) < 4.78 is 1.16. The highest BCUT2D eigenvalue weighted by molar-refractivity contribution is 9.10. The molecule has 1 atom stereocenters. The first-order valence-corrected chi connectivity index (χ1v) is 7.97. The first-order chi connectivity index (χ1) is 9.81. The van der Waals surface area contributed by atoms with Gasteiger partial charge in [-0.05, 0) is 54.6 Å². The van der Waals surface area contributed by atoms with Crippen LogP contribution in [0.4, 0.5) is 0 Å². The molecule has 0 aliphatic carbocycles. The lowest BCUT2D eigenvalue weighted by Gasteiger charge is -2.33. The molecule has 104 valence electrons. The van der Waals surface area contributed by atoms with Crippen LogP contribution in [0.25, 0.3) is 0 Å². The molecule has 1 aliphatic rings. The van der Waals surface area contributed by atoms with E-state index < -0.39 is 0 Å². The van der Waals surface area contributed by atoms with Gasteiger partial charge in [0, 0.05) is 30.0 Å². The van der Waals surface area contributed by atoms with E-state index in [9.17, 15) is 0 Å². The minimum Gasteiger partial charge on any atom is -0.298 e. The van der Waals surface area contributed by atoms with Crippen molar-refractivity contribution in [1.29, 1.82) is 0 Å². The Morgan fingerprint density at radius 2 is 2.05 bits per heavy atom. The molecule has 0 amide bonds. The van der Waals surface area contributed by atoms with Crippen LogP contribution in [0.1, 0.15) is 29.9 Å². The van der Waals surface area contributed by atoms with Gasteiger partial charge in [-0.1, -0.05) is 34.1 Å². The Hall–Kier alpha value is -1.19. The highest BCUT2D eigenvalue weighted by Crippen LogP contribution is 2.28. The Balaban J connectivity index is 1.66. The summed E-state index contributed by atoms with van der Waals surface area (Å²) in [6.07, 6.45) is 6.39. The molecule has 2 aromatic rings. The van der Waals surface area contributed by atoms with E-state index in [1.807, 2.05) is 18.5 Å². The second-order valence-electron chi connectivity index (χ2n) is 5.49. The zero-order valence-electron chi connectivity index (χ0n) is 11.5. The van der Waals surface area contributed by atoms with Crippen molar-refractivity contribution in [3.8, 4) is 0 Å². The molecule has 1 aliphatic heterocycles. The highest BCUT2D eigenvalue weighted by Gasteiger charge is 2.21. The lowest BCUT2D eigenvalue weighted by molar-refractivity contribution is 0.200. The summed E-state index contributed by atoms with van der Waals surface area (Å²) in [4.78, 5) is 6.75. The molecule has 1 unspecified atom stereocenters. The lowest BCUT2D eigenvalue weighted by Crippen LogP contribution is -2.33. The Bertz CT molecular complexity index is 539. The van der Waals surface area contributed by atoms with Crippen LogP contribution in [0, 0.1) is 0 Å². The van der Waals surface area contributed by atoms with Gasteiger partial charge in [-0.2, -0.15) is 0 Å². The van der Waals surface area contributed by atoms with E-state index in [-0.39, 0.29) is 0 Å². The third-order valence-corrected chi connectivity index (χ3v) is 4.50. The summed E-state index contributed by atoms with van der Waals surface area (Å²) >= 11 is 3.51. The summed E-state index contributed by atoms with van der Waals surface area (Å²) in [5, 5.41) is 0. The largest absolute Gasteiger partial charge is 0.298 e. The first kappa shape index (κ1) is 13.8. The molecule has 0 bridgehead atoms. The Morgan fingerprint density at radius 1 is 1.20 bits per heavy atom. The van der Waals surface area contributed by atoms with Crippen LogP contribution in [0.3, 0.4) is 0 Å². The molecular formula is C17H19BrN2. The van der Waals surface area contributed by atoms with Gasteiger partial charge in [-0.15, -0.1) is 0 Å². The SMILES string of the molecule is Brc1ccc(C2CCCN(Cc3cccnc3)C2)cc1. The van der Waals surface area contributed by atoms with Crippen molar-refractivity contribution >= 4 is 15.9 Å². The predicted octanol–water partition coefficient (Wildman–Crippen LogP) is 4.22. The number of benzene rings is 1. The van der Waals surface area contributed by atoms with E-state index in [4.69, 9.17) is 0 Å². The average Bonchev–Trinajstić information content (AvgIpc) is 2.49. The lowest BCUT2D eigenvalue weighted by atomic mass is 9.90. The molecule has 1 saturated heterocycles. The monoisotopic (exact) mass is 330 g/mol. The van der Waals surface area contributed by atoms with Crippen molar-refractivity contribution in [2.24, 2.45) is 0 Å². The second-order valence-corrected chi connectivity index (χ2v) is 6.40. The number of hydrogen-bond donors (Lipinski definition) is 0. The minimum absolute atomic E-state index is 0.661. The fraction of sp³-hybridized carbons (Fsp3) is 0.353. The van der Waals surface area contributed by atoms with Gasteiger partial charge in [0.25, 0.3) is 0 Å². The highest BCUT2D eigenvalue weighted by atomic mass is 79.9. The molecule has 2 nitrogen and oxygen atoms in total. The molecule has 0 N–H and O–H groups in total. The van der Waals surface area contributed by atoms with Crippen LogP contribution in [0.5, 0.6) is 0 Å². The zero-order chi connectivity index (χ0) is 13.8. The summed E-state index contributed by atoms with van der Waals surface area (Å²) in [6, 6.07) is 13.0. The number of rotatable bonds is 3.